The summed E-state index contributed by atoms with van der Waals surface area (Å²) in [6, 6.07) is 0. The summed E-state index contributed by atoms with van der Waals surface area (Å²) in [5.41, 5.74) is 11.1. The second-order valence-electron chi connectivity index (χ2n) is 14.8. The summed E-state index contributed by atoms with van der Waals surface area (Å²) in [5.74, 6) is -0.0261. The van der Waals surface area contributed by atoms with Gasteiger partial charge in [-0.3, -0.25) is 9.59 Å². The average Bonchev–Trinajstić information content (AvgIpc) is 3.06. The lowest BCUT2D eigenvalue weighted by molar-refractivity contribution is -0.135. The van der Waals surface area contributed by atoms with Crippen LogP contribution in [0.3, 0.4) is 0 Å². The van der Waals surface area contributed by atoms with Crippen molar-refractivity contribution in [3.63, 3.8) is 0 Å². The molecule has 0 rings (SSSR count). The maximum absolute atomic E-state index is 13.3. The Balaban J connectivity index is 4.04. The molecule has 0 aliphatic carbocycles. The molecular formula is C42H84N2O2. The molecule has 0 aromatic heterocycles. The zero-order chi connectivity index (χ0) is 33.8. The Morgan fingerprint density at radius 3 is 0.870 bits per heavy atom. The Morgan fingerprint density at radius 1 is 0.370 bits per heavy atom. The summed E-state index contributed by atoms with van der Waals surface area (Å²) in [7, 11) is 0. The molecule has 0 radical (unpaired) electrons. The highest BCUT2D eigenvalue weighted by atomic mass is 16.2. The molecule has 0 aromatic carbocycles. The van der Waals surface area contributed by atoms with E-state index in [0.717, 1.165) is 44.9 Å². The van der Waals surface area contributed by atoms with Gasteiger partial charge < -0.3 is 11.5 Å². The smallest absolute Gasteiger partial charge is 0.160 e. The Morgan fingerprint density at radius 2 is 0.609 bits per heavy atom. The van der Waals surface area contributed by atoms with Gasteiger partial charge in [-0.25, -0.2) is 0 Å². The second-order valence-corrected chi connectivity index (χ2v) is 14.8. The molecule has 4 heteroatoms. The molecule has 0 spiro atoms. The summed E-state index contributed by atoms with van der Waals surface area (Å²) < 4.78 is 0. The Hall–Kier alpha value is -0.740. The van der Waals surface area contributed by atoms with E-state index in [0.29, 0.717) is 25.8 Å². The third kappa shape index (κ3) is 28.3. The molecule has 0 fully saturated rings. The summed E-state index contributed by atoms with van der Waals surface area (Å²) in [6.45, 7) is 5.21. The number of carbonyl (C=O) groups excluding carboxylic acids is 2. The van der Waals surface area contributed by atoms with Gasteiger partial charge in [0.25, 0.3) is 0 Å². The standard InChI is InChI=1S/C42H84N2O2/c1-3-5-7-9-11-13-15-17-19-21-23-25-27-29-32-36-40(45)42(44,38-34-31-35-39-43)41(46)37-33-30-28-26-24-22-20-18-16-14-12-10-8-6-4-2/h3-39,43-44H2,1-2H3. The second kappa shape index (κ2) is 35.6. The fourth-order valence-corrected chi connectivity index (χ4v) is 6.92. The fraction of sp³-hybridized carbons (Fsp3) is 0.952. The number of hydrogen-bond donors (Lipinski definition) is 2. The van der Waals surface area contributed by atoms with Crippen LogP contribution in [0.15, 0.2) is 0 Å². The van der Waals surface area contributed by atoms with Crippen molar-refractivity contribution in [2.75, 3.05) is 6.54 Å². The Bertz CT molecular complexity index is 604. The molecule has 0 aromatic rings. The van der Waals surface area contributed by atoms with Crippen molar-refractivity contribution < 1.29 is 9.59 Å². The first-order valence-electron chi connectivity index (χ1n) is 21.1. The Labute approximate surface area is 289 Å². The first-order valence-corrected chi connectivity index (χ1v) is 21.1. The van der Waals surface area contributed by atoms with Crippen molar-refractivity contribution in [2.24, 2.45) is 11.5 Å². The van der Waals surface area contributed by atoms with E-state index in [4.69, 9.17) is 11.5 Å². The van der Waals surface area contributed by atoms with Crippen LogP contribution in [0.2, 0.25) is 0 Å². The number of nitrogens with two attached hydrogens (primary N) is 2. The molecule has 0 saturated heterocycles. The lowest BCUT2D eigenvalue weighted by Crippen LogP contribution is -2.54. The SMILES string of the molecule is CCCCCCCCCCCCCCCCCC(=O)C(N)(CCCCCN)C(=O)CCCCCCCCCCCCCCCCC. The minimum absolute atomic E-state index is 0.0131. The number of unbranched alkanes of at least 4 members (excludes halogenated alkanes) is 30. The van der Waals surface area contributed by atoms with E-state index >= 15 is 0 Å². The number of ketones is 2. The average molecular weight is 649 g/mol. The van der Waals surface area contributed by atoms with Gasteiger partial charge >= 0.3 is 0 Å². The number of hydrogen-bond acceptors (Lipinski definition) is 4. The molecule has 0 amide bonds. The number of carbonyl (C=O) groups is 2. The topological polar surface area (TPSA) is 86.2 Å². The third-order valence-electron chi connectivity index (χ3n) is 10.3. The predicted molar refractivity (Wildman–Crippen MR) is 204 cm³/mol. The molecule has 0 unspecified atom stereocenters. The fourth-order valence-electron chi connectivity index (χ4n) is 6.92. The zero-order valence-electron chi connectivity index (χ0n) is 31.6. The van der Waals surface area contributed by atoms with Crippen LogP contribution in [0, 0.1) is 0 Å². The number of rotatable bonds is 39. The summed E-state index contributed by atoms with van der Waals surface area (Å²) >= 11 is 0. The van der Waals surface area contributed by atoms with Gasteiger partial charge in [-0.1, -0.05) is 206 Å². The van der Waals surface area contributed by atoms with E-state index in [1.165, 1.54) is 167 Å². The highest BCUT2D eigenvalue weighted by Gasteiger charge is 2.39. The van der Waals surface area contributed by atoms with E-state index in [2.05, 4.69) is 13.8 Å². The minimum atomic E-state index is -1.28. The van der Waals surface area contributed by atoms with Gasteiger partial charge in [0.1, 0.15) is 5.54 Å². The van der Waals surface area contributed by atoms with Crippen LogP contribution in [-0.2, 0) is 9.59 Å². The van der Waals surface area contributed by atoms with E-state index < -0.39 is 5.54 Å². The summed E-state index contributed by atoms with van der Waals surface area (Å²) in [6.07, 6.45) is 43.3. The molecule has 46 heavy (non-hydrogen) atoms. The maximum atomic E-state index is 13.3. The molecule has 0 aliphatic heterocycles. The minimum Gasteiger partial charge on any atom is -0.330 e. The van der Waals surface area contributed by atoms with Crippen LogP contribution in [0.5, 0.6) is 0 Å². The largest absolute Gasteiger partial charge is 0.330 e. The van der Waals surface area contributed by atoms with Gasteiger partial charge in [-0.2, -0.15) is 0 Å². The molecule has 4 N–H and O–H groups in total. The van der Waals surface area contributed by atoms with Crippen molar-refractivity contribution in [2.45, 2.75) is 251 Å². The van der Waals surface area contributed by atoms with Gasteiger partial charge in [-0.15, -0.1) is 0 Å². The van der Waals surface area contributed by atoms with Crippen molar-refractivity contribution in [1.82, 2.24) is 0 Å². The molecule has 0 aliphatic rings. The summed E-state index contributed by atoms with van der Waals surface area (Å²) in [4.78, 5) is 26.6. The lowest BCUT2D eigenvalue weighted by Gasteiger charge is -2.27. The van der Waals surface area contributed by atoms with E-state index in [-0.39, 0.29) is 11.6 Å². The van der Waals surface area contributed by atoms with Crippen LogP contribution in [0.25, 0.3) is 0 Å². The highest BCUT2D eigenvalue weighted by Crippen LogP contribution is 2.23. The zero-order valence-corrected chi connectivity index (χ0v) is 31.6. The van der Waals surface area contributed by atoms with Crippen molar-refractivity contribution >= 4 is 11.6 Å². The van der Waals surface area contributed by atoms with Crippen molar-refractivity contribution in [1.29, 1.82) is 0 Å². The van der Waals surface area contributed by atoms with E-state index in [1.54, 1.807) is 0 Å². The van der Waals surface area contributed by atoms with Crippen LogP contribution in [0.1, 0.15) is 245 Å². The molecule has 0 heterocycles. The number of Topliss-reactive ketones (excluding diaryl/α,β-unsaturated/α-hetero) is 2. The molecule has 0 atom stereocenters. The quantitative estimate of drug-likeness (QED) is 0.0513. The third-order valence-corrected chi connectivity index (χ3v) is 10.3. The first-order chi connectivity index (χ1) is 22.5. The van der Waals surface area contributed by atoms with Crippen LogP contribution in [0.4, 0.5) is 0 Å². The van der Waals surface area contributed by atoms with Crippen molar-refractivity contribution in [3.05, 3.63) is 0 Å². The monoisotopic (exact) mass is 649 g/mol. The van der Waals surface area contributed by atoms with Gasteiger partial charge in [0.2, 0.25) is 0 Å². The highest BCUT2D eigenvalue weighted by molar-refractivity contribution is 6.11. The predicted octanol–water partition coefficient (Wildman–Crippen LogP) is 12.9. The summed E-state index contributed by atoms with van der Waals surface area (Å²) in [5, 5.41) is 0. The molecule has 274 valence electrons. The maximum Gasteiger partial charge on any atom is 0.160 e. The van der Waals surface area contributed by atoms with Gasteiger partial charge in [-0.05, 0) is 32.2 Å². The van der Waals surface area contributed by atoms with Crippen LogP contribution >= 0.6 is 0 Å². The van der Waals surface area contributed by atoms with E-state index in [9.17, 15) is 9.59 Å². The molecule has 4 nitrogen and oxygen atoms in total. The van der Waals surface area contributed by atoms with E-state index in [1.807, 2.05) is 0 Å². The first kappa shape index (κ1) is 45.3. The van der Waals surface area contributed by atoms with Crippen LogP contribution in [-0.4, -0.2) is 23.7 Å². The van der Waals surface area contributed by atoms with Gasteiger partial charge in [0.05, 0.1) is 0 Å². The van der Waals surface area contributed by atoms with Gasteiger partial charge in [0, 0.05) is 12.8 Å². The normalized spacial score (nSPS) is 11.8. The Kier molecular flexibility index (Phi) is 35.0. The molecule has 0 bridgehead atoms. The van der Waals surface area contributed by atoms with Crippen LogP contribution < -0.4 is 11.5 Å². The molecular weight excluding hydrogens is 564 g/mol. The molecule has 0 saturated carbocycles. The van der Waals surface area contributed by atoms with Gasteiger partial charge in [0.15, 0.2) is 11.6 Å². The lowest BCUT2D eigenvalue weighted by atomic mass is 9.80. The van der Waals surface area contributed by atoms with Crippen molar-refractivity contribution in [3.8, 4) is 0 Å².